The van der Waals surface area contributed by atoms with E-state index in [1.54, 1.807) is 12.3 Å². The first kappa shape index (κ1) is 20.2. The van der Waals surface area contributed by atoms with Gasteiger partial charge in [-0.15, -0.1) is 0 Å². The fourth-order valence-corrected chi connectivity index (χ4v) is 1.92. The first-order chi connectivity index (χ1) is 10.8. The van der Waals surface area contributed by atoms with E-state index < -0.39 is 0 Å². The molecule has 0 amide bonds. The second-order valence-corrected chi connectivity index (χ2v) is 4.98. The van der Waals surface area contributed by atoms with Crippen molar-refractivity contribution >= 4 is 6.21 Å². The number of hydrogen-bond acceptors (Lipinski definition) is 5. The quantitative estimate of drug-likeness (QED) is 0.340. The van der Waals surface area contributed by atoms with Gasteiger partial charge >= 0.3 is 0 Å². The van der Waals surface area contributed by atoms with Gasteiger partial charge in [0.05, 0.1) is 0 Å². The lowest BCUT2D eigenvalue weighted by atomic mass is 10.3. The minimum absolute atomic E-state index is 0.789. The van der Waals surface area contributed by atoms with Gasteiger partial charge in [-0.25, -0.2) is 4.99 Å². The fourth-order valence-electron chi connectivity index (χ4n) is 1.92. The zero-order valence-corrected chi connectivity index (χ0v) is 14.2. The Balaban J connectivity index is 3.79. The lowest BCUT2D eigenvalue weighted by Gasteiger charge is -2.23. The van der Waals surface area contributed by atoms with Crippen LogP contribution in [-0.2, 0) is 0 Å². The van der Waals surface area contributed by atoms with E-state index in [-0.39, 0.29) is 0 Å². The van der Waals surface area contributed by atoms with Crippen LogP contribution in [0.15, 0.2) is 41.9 Å². The smallest absolute Gasteiger partial charge is 0.121 e. The van der Waals surface area contributed by atoms with Crippen molar-refractivity contribution in [1.82, 2.24) is 15.5 Å². The van der Waals surface area contributed by atoms with Crippen LogP contribution in [0.3, 0.4) is 0 Å². The lowest BCUT2D eigenvalue weighted by molar-refractivity contribution is 0.339. The van der Waals surface area contributed by atoms with Crippen LogP contribution >= 0.6 is 0 Å². The predicted molar refractivity (Wildman–Crippen MR) is 97.7 cm³/mol. The van der Waals surface area contributed by atoms with Crippen molar-refractivity contribution in [3.63, 3.8) is 0 Å². The Morgan fingerprint density at radius 2 is 2.00 bits per heavy atom. The number of rotatable bonds is 14. The van der Waals surface area contributed by atoms with Crippen LogP contribution in [0.4, 0.5) is 0 Å². The molecule has 0 spiro atoms. The maximum Gasteiger partial charge on any atom is 0.121 e. The van der Waals surface area contributed by atoms with Crippen molar-refractivity contribution in [2.24, 2.45) is 10.7 Å². The van der Waals surface area contributed by atoms with Gasteiger partial charge in [-0.1, -0.05) is 19.6 Å². The van der Waals surface area contributed by atoms with E-state index in [0.717, 1.165) is 45.0 Å². The van der Waals surface area contributed by atoms with Gasteiger partial charge in [0, 0.05) is 32.4 Å². The summed E-state index contributed by atoms with van der Waals surface area (Å²) in [5, 5.41) is 6.71. The highest BCUT2D eigenvalue weighted by molar-refractivity contribution is 5.71. The molecule has 4 N–H and O–H groups in total. The van der Waals surface area contributed by atoms with Crippen molar-refractivity contribution in [3.8, 4) is 0 Å². The van der Waals surface area contributed by atoms with Crippen LogP contribution in [-0.4, -0.2) is 43.8 Å². The van der Waals surface area contributed by atoms with Crippen LogP contribution in [0.25, 0.3) is 0 Å². The molecule has 0 atom stereocenters. The van der Waals surface area contributed by atoms with E-state index >= 15 is 0 Å². The molecular weight excluding hydrogens is 274 g/mol. The van der Waals surface area contributed by atoms with E-state index in [2.05, 4.69) is 34.0 Å². The molecule has 0 aromatic carbocycles. The summed E-state index contributed by atoms with van der Waals surface area (Å²) in [6, 6.07) is 0. The van der Waals surface area contributed by atoms with Gasteiger partial charge in [0.2, 0.25) is 0 Å². The number of allylic oxidation sites excluding steroid dienone is 2. The van der Waals surface area contributed by atoms with Crippen molar-refractivity contribution in [1.29, 1.82) is 0 Å². The largest absolute Gasteiger partial charge is 0.405 e. The molecule has 126 valence electrons. The average Bonchev–Trinajstić information content (AvgIpc) is 2.52. The molecule has 22 heavy (non-hydrogen) atoms. The van der Waals surface area contributed by atoms with Gasteiger partial charge in [0.1, 0.15) is 5.82 Å². The Labute approximate surface area is 136 Å². The van der Waals surface area contributed by atoms with Crippen LogP contribution in [0.2, 0.25) is 0 Å². The van der Waals surface area contributed by atoms with Gasteiger partial charge in [-0.05, 0) is 51.2 Å². The van der Waals surface area contributed by atoms with Crippen LogP contribution in [0.5, 0.6) is 0 Å². The Kier molecular flexibility index (Phi) is 14.4. The highest BCUT2D eigenvalue weighted by Gasteiger charge is 2.04. The molecule has 5 heteroatoms. The second kappa shape index (κ2) is 15.6. The van der Waals surface area contributed by atoms with E-state index in [4.69, 9.17) is 5.73 Å². The minimum atomic E-state index is 0.789. The third kappa shape index (κ3) is 12.0. The number of unbranched alkanes of at least 4 members (excludes halogenated alkanes) is 1. The standard InChI is InChI=1S/C17H33N5/c1-4-10-19-11-6-7-12-20-14-16-22(15-5-2)17(3)21-13-8-9-18/h4,8-10,13,19-20H,3,5-7,11-12,14-16,18H2,1-2H3/b9-8-,10-4+,21-13?. The average molecular weight is 307 g/mol. The molecule has 0 bridgehead atoms. The highest BCUT2D eigenvalue weighted by Crippen LogP contribution is 2.03. The molecule has 0 radical (unpaired) electrons. The summed E-state index contributed by atoms with van der Waals surface area (Å²) in [5.74, 6) is 0.789. The third-order valence-corrected chi connectivity index (χ3v) is 3.05. The molecule has 0 aromatic heterocycles. The van der Waals surface area contributed by atoms with Crippen molar-refractivity contribution in [2.45, 2.75) is 33.1 Å². The molecule has 0 saturated carbocycles. The van der Waals surface area contributed by atoms with Crippen molar-refractivity contribution in [2.75, 3.05) is 32.7 Å². The van der Waals surface area contributed by atoms with Crippen LogP contribution in [0.1, 0.15) is 33.1 Å². The molecule has 0 aliphatic carbocycles. The third-order valence-electron chi connectivity index (χ3n) is 3.05. The van der Waals surface area contributed by atoms with Gasteiger partial charge < -0.3 is 21.3 Å². The molecule has 0 aliphatic rings. The van der Waals surface area contributed by atoms with E-state index in [0.29, 0.717) is 0 Å². The van der Waals surface area contributed by atoms with Gasteiger partial charge in [-0.2, -0.15) is 0 Å². The Hall–Kier alpha value is -1.75. The van der Waals surface area contributed by atoms with E-state index in [9.17, 15) is 0 Å². The Morgan fingerprint density at radius 1 is 1.23 bits per heavy atom. The summed E-state index contributed by atoms with van der Waals surface area (Å²) in [7, 11) is 0. The number of aliphatic imine (C=N–C) groups is 1. The topological polar surface area (TPSA) is 65.7 Å². The van der Waals surface area contributed by atoms with E-state index in [1.165, 1.54) is 19.0 Å². The Bertz CT molecular complexity index is 347. The van der Waals surface area contributed by atoms with Crippen LogP contribution < -0.4 is 16.4 Å². The summed E-state index contributed by atoms with van der Waals surface area (Å²) in [5.41, 5.74) is 5.28. The minimum Gasteiger partial charge on any atom is -0.405 e. The molecule has 0 heterocycles. The molecule has 0 aromatic rings. The van der Waals surface area contributed by atoms with Crippen molar-refractivity contribution < 1.29 is 0 Å². The van der Waals surface area contributed by atoms with Crippen LogP contribution in [0, 0.1) is 0 Å². The maximum absolute atomic E-state index is 5.28. The molecular formula is C17H33N5. The van der Waals surface area contributed by atoms with Gasteiger partial charge in [0.15, 0.2) is 0 Å². The SMILES string of the molecule is C=C(N=C/C=C\N)N(CCC)CCNCCCCN/C=C/C. The summed E-state index contributed by atoms with van der Waals surface area (Å²) < 4.78 is 0. The monoisotopic (exact) mass is 307 g/mol. The molecule has 5 nitrogen and oxygen atoms in total. The lowest BCUT2D eigenvalue weighted by Crippen LogP contribution is -2.32. The highest BCUT2D eigenvalue weighted by atomic mass is 15.2. The first-order valence-corrected chi connectivity index (χ1v) is 8.16. The second-order valence-electron chi connectivity index (χ2n) is 4.98. The Morgan fingerprint density at radius 3 is 2.68 bits per heavy atom. The molecule has 0 unspecified atom stereocenters. The summed E-state index contributed by atoms with van der Waals surface area (Å²) >= 11 is 0. The summed E-state index contributed by atoms with van der Waals surface area (Å²) in [6.07, 6.45) is 12.3. The maximum atomic E-state index is 5.28. The normalized spacial score (nSPS) is 11.7. The summed E-state index contributed by atoms with van der Waals surface area (Å²) in [4.78, 5) is 6.48. The predicted octanol–water partition coefficient (Wildman–Crippen LogP) is 2.21. The summed E-state index contributed by atoms with van der Waals surface area (Å²) in [6.45, 7) is 13.1. The van der Waals surface area contributed by atoms with E-state index in [1.807, 2.05) is 19.2 Å². The zero-order valence-electron chi connectivity index (χ0n) is 14.2. The number of nitrogens with one attached hydrogen (secondary N) is 2. The molecule has 0 rings (SSSR count). The number of nitrogens with two attached hydrogens (primary N) is 1. The molecule has 0 saturated heterocycles. The number of nitrogens with zero attached hydrogens (tertiary/aromatic N) is 2. The van der Waals surface area contributed by atoms with Gasteiger partial charge in [-0.3, -0.25) is 0 Å². The zero-order chi connectivity index (χ0) is 16.5. The fraction of sp³-hybridized carbons (Fsp3) is 0.588. The number of hydrogen-bond donors (Lipinski definition) is 3. The van der Waals surface area contributed by atoms with Crippen molar-refractivity contribution in [3.05, 3.63) is 37.0 Å². The molecule has 0 fully saturated rings. The first-order valence-electron chi connectivity index (χ1n) is 8.16. The molecule has 0 aliphatic heterocycles. The van der Waals surface area contributed by atoms with Gasteiger partial charge in [0.25, 0.3) is 0 Å².